The molecule has 0 saturated carbocycles. The predicted octanol–water partition coefficient (Wildman–Crippen LogP) is 1.36. The first-order chi connectivity index (χ1) is 14.5. The van der Waals surface area contributed by atoms with E-state index in [1.165, 1.54) is 4.90 Å². The van der Waals surface area contributed by atoms with Gasteiger partial charge in [0.15, 0.2) is 0 Å². The molecular weight excluding hydrogens is 382 g/mol. The van der Waals surface area contributed by atoms with E-state index in [1.54, 1.807) is 6.26 Å². The average molecular weight is 410 g/mol. The number of benzene rings is 2. The number of hydrogen-bond acceptors (Lipinski definition) is 4. The third kappa shape index (κ3) is 4.63. The maximum atomic E-state index is 12.4. The van der Waals surface area contributed by atoms with Crippen molar-refractivity contribution in [3.8, 4) is 0 Å². The molecule has 1 aliphatic heterocycles. The third-order valence-corrected chi connectivity index (χ3v) is 5.55. The number of nitrogens with one attached hydrogen (secondary N) is 3. The van der Waals surface area contributed by atoms with Crippen LogP contribution in [0.25, 0.3) is 21.7 Å². The van der Waals surface area contributed by atoms with E-state index in [2.05, 4.69) is 24.7 Å². The van der Waals surface area contributed by atoms with Gasteiger partial charge in [0.05, 0.1) is 25.6 Å². The van der Waals surface area contributed by atoms with Crippen molar-refractivity contribution < 1.29 is 23.6 Å². The summed E-state index contributed by atoms with van der Waals surface area (Å²) >= 11 is 0. The average Bonchev–Trinajstić information content (AvgIpc) is 3.13. The van der Waals surface area contributed by atoms with Crippen molar-refractivity contribution in [1.82, 2.24) is 10.9 Å². The fourth-order valence-corrected chi connectivity index (χ4v) is 4.31. The molecule has 0 aliphatic carbocycles. The fraction of sp³-hybridized carbons (Fsp3) is 0.391. The van der Waals surface area contributed by atoms with Crippen LogP contribution >= 0.6 is 0 Å². The van der Waals surface area contributed by atoms with Gasteiger partial charge < -0.3 is 14.1 Å². The SMILES string of the molecule is C[C@H]1C[NH+](CCC(=O)NNC(=O)Cc2coc3ccc4ccccc4c23)C[C@H](C)O1. The topological polar surface area (TPSA) is 85.0 Å². The molecular formula is C23H28N3O4+. The first-order valence-electron chi connectivity index (χ1n) is 10.4. The second-order valence-corrected chi connectivity index (χ2v) is 8.11. The number of hydrazine groups is 1. The van der Waals surface area contributed by atoms with Crippen molar-refractivity contribution in [2.24, 2.45) is 0 Å². The lowest BCUT2D eigenvalue weighted by Gasteiger charge is -2.32. The number of ether oxygens (including phenoxy) is 1. The van der Waals surface area contributed by atoms with E-state index in [1.807, 2.05) is 36.4 Å². The summed E-state index contributed by atoms with van der Waals surface area (Å²) in [5, 5.41) is 3.08. The van der Waals surface area contributed by atoms with Gasteiger partial charge in [0.1, 0.15) is 30.9 Å². The number of furan rings is 1. The molecule has 0 radical (unpaired) electrons. The van der Waals surface area contributed by atoms with Crippen molar-refractivity contribution in [3.05, 3.63) is 48.2 Å². The molecule has 3 N–H and O–H groups in total. The molecule has 1 aliphatic rings. The van der Waals surface area contributed by atoms with Gasteiger partial charge in [-0.15, -0.1) is 0 Å². The van der Waals surface area contributed by atoms with Crippen LogP contribution in [0.5, 0.6) is 0 Å². The smallest absolute Gasteiger partial charge is 0.244 e. The summed E-state index contributed by atoms with van der Waals surface area (Å²) in [5.74, 6) is -0.468. The van der Waals surface area contributed by atoms with Gasteiger partial charge in [-0.25, -0.2) is 0 Å². The molecule has 4 rings (SSSR count). The number of hydrogen-bond donors (Lipinski definition) is 3. The molecule has 7 nitrogen and oxygen atoms in total. The van der Waals surface area contributed by atoms with E-state index in [4.69, 9.17) is 9.15 Å². The highest BCUT2D eigenvalue weighted by atomic mass is 16.5. The predicted molar refractivity (Wildman–Crippen MR) is 114 cm³/mol. The Morgan fingerprint density at radius 3 is 2.57 bits per heavy atom. The van der Waals surface area contributed by atoms with Crippen LogP contribution in [0.3, 0.4) is 0 Å². The number of morpholine rings is 1. The Morgan fingerprint density at radius 1 is 1.03 bits per heavy atom. The summed E-state index contributed by atoms with van der Waals surface area (Å²) in [4.78, 5) is 25.9. The first kappa shape index (κ1) is 20.4. The van der Waals surface area contributed by atoms with Crippen molar-refractivity contribution >= 4 is 33.6 Å². The Bertz CT molecular complexity index is 1050. The van der Waals surface area contributed by atoms with Crippen molar-refractivity contribution in [1.29, 1.82) is 0 Å². The van der Waals surface area contributed by atoms with Gasteiger partial charge in [-0.05, 0) is 30.7 Å². The van der Waals surface area contributed by atoms with E-state index in [-0.39, 0.29) is 30.4 Å². The van der Waals surface area contributed by atoms with Crippen LogP contribution in [0.15, 0.2) is 47.1 Å². The van der Waals surface area contributed by atoms with E-state index in [0.29, 0.717) is 6.42 Å². The van der Waals surface area contributed by atoms with E-state index in [0.717, 1.165) is 46.9 Å². The minimum absolute atomic E-state index is 0.130. The van der Waals surface area contributed by atoms with Gasteiger partial charge in [-0.1, -0.05) is 30.3 Å². The normalized spacial score (nSPS) is 21.6. The van der Waals surface area contributed by atoms with E-state index < -0.39 is 0 Å². The van der Waals surface area contributed by atoms with E-state index >= 15 is 0 Å². The summed E-state index contributed by atoms with van der Waals surface area (Å²) in [7, 11) is 0. The highest BCUT2D eigenvalue weighted by Gasteiger charge is 2.25. The van der Waals surface area contributed by atoms with Gasteiger partial charge in [0.2, 0.25) is 11.8 Å². The Kier molecular flexibility index (Phi) is 6.01. The maximum Gasteiger partial charge on any atom is 0.244 e. The summed E-state index contributed by atoms with van der Waals surface area (Å²) in [6, 6.07) is 11.9. The van der Waals surface area contributed by atoms with Crippen molar-refractivity contribution in [2.75, 3.05) is 19.6 Å². The van der Waals surface area contributed by atoms with Crippen LogP contribution in [0, 0.1) is 0 Å². The van der Waals surface area contributed by atoms with Crippen LogP contribution in [0.2, 0.25) is 0 Å². The number of rotatable bonds is 5. The maximum absolute atomic E-state index is 12.4. The Balaban J connectivity index is 1.31. The largest absolute Gasteiger partial charge is 0.464 e. The Labute approximate surface area is 175 Å². The van der Waals surface area contributed by atoms with Crippen molar-refractivity contribution in [2.45, 2.75) is 38.9 Å². The molecule has 0 bridgehead atoms. The lowest BCUT2D eigenvalue weighted by Crippen LogP contribution is -3.15. The zero-order valence-corrected chi connectivity index (χ0v) is 17.4. The quantitative estimate of drug-likeness (QED) is 0.555. The molecule has 7 heteroatoms. The molecule has 2 amide bonds. The third-order valence-electron chi connectivity index (χ3n) is 5.55. The first-order valence-corrected chi connectivity index (χ1v) is 10.4. The second-order valence-electron chi connectivity index (χ2n) is 8.11. The van der Waals surface area contributed by atoms with Crippen LogP contribution < -0.4 is 15.8 Å². The highest BCUT2D eigenvalue weighted by molar-refractivity contribution is 6.08. The monoisotopic (exact) mass is 410 g/mol. The number of fused-ring (bicyclic) bond motifs is 3. The molecule has 1 saturated heterocycles. The zero-order chi connectivity index (χ0) is 21.1. The number of amides is 2. The summed E-state index contributed by atoms with van der Waals surface area (Å²) in [5.41, 5.74) is 6.60. The standard InChI is InChI=1S/C23H27N3O4/c1-15-12-26(13-16(2)30-15)10-9-21(27)24-25-22(28)11-18-14-29-20-8-7-17-5-3-4-6-19(17)23(18)20/h3-8,14-16H,9-13H2,1-2H3,(H,24,27)(H,25,28)/p+1/t15-,16-/m0/s1. The Morgan fingerprint density at radius 2 is 1.77 bits per heavy atom. The Hall–Kier alpha value is -2.90. The van der Waals surface area contributed by atoms with E-state index in [9.17, 15) is 9.59 Å². The van der Waals surface area contributed by atoms with Crippen LogP contribution in [-0.2, 0) is 20.7 Å². The van der Waals surface area contributed by atoms with Gasteiger partial charge in [-0.3, -0.25) is 20.4 Å². The molecule has 3 aromatic rings. The highest BCUT2D eigenvalue weighted by Crippen LogP contribution is 2.30. The number of quaternary nitrogens is 1. The van der Waals surface area contributed by atoms with Gasteiger partial charge in [0.25, 0.3) is 0 Å². The van der Waals surface area contributed by atoms with Gasteiger partial charge in [0, 0.05) is 10.9 Å². The molecule has 2 heterocycles. The molecule has 1 aromatic heterocycles. The molecule has 0 unspecified atom stereocenters. The van der Waals surface area contributed by atoms with Crippen molar-refractivity contribution in [3.63, 3.8) is 0 Å². The lowest BCUT2D eigenvalue weighted by atomic mass is 10.0. The summed E-state index contributed by atoms with van der Waals surface area (Å²) in [6.07, 6.45) is 2.50. The minimum atomic E-state index is -0.278. The molecule has 1 fully saturated rings. The second kappa shape index (κ2) is 8.85. The van der Waals surface area contributed by atoms with Crippen LogP contribution in [-0.4, -0.2) is 43.7 Å². The van der Waals surface area contributed by atoms with Crippen LogP contribution in [0.1, 0.15) is 25.8 Å². The zero-order valence-electron chi connectivity index (χ0n) is 17.4. The number of carbonyl (C=O) groups excluding carboxylic acids is 2. The molecule has 158 valence electrons. The van der Waals surface area contributed by atoms with Crippen LogP contribution in [0.4, 0.5) is 0 Å². The summed E-state index contributed by atoms with van der Waals surface area (Å²) < 4.78 is 11.3. The number of carbonyl (C=O) groups is 2. The molecule has 2 atom stereocenters. The van der Waals surface area contributed by atoms with Gasteiger partial charge >= 0.3 is 0 Å². The van der Waals surface area contributed by atoms with Gasteiger partial charge in [-0.2, -0.15) is 0 Å². The fourth-order valence-electron chi connectivity index (χ4n) is 4.31. The molecule has 2 aromatic carbocycles. The lowest BCUT2D eigenvalue weighted by molar-refractivity contribution is -0.914. The molecule has 0 spiro atoms. The minimum Gasteiger partial charge on any atom is -0.464 e. The molecule has 30 heavy (non-hydrogen) atoms. The summed E-state index contributed by atoms with van der Waals surface area (Å²) in [6.45, 7) is 6.62.